The van der Waals surface area contributed by atoms with Gasteiger partial charge in [-0.15, -0.1) is 0 Å². The summed E-state index contributed by atoms with van der Waals surface area (Å²) in [5, 5.41) is 3.13. The summed E-state index contributed by atoms with van der Waals surface area (Å²) >= 11 is 0. The molecule has 1 heterocycles. The Hall–Kier alpha value is -1.14. The van der Waals surface area contributed by atoms with Gasteiger partial charge in [-0.1, -0.05) is 0 Å². The van der Waals surface area contributed by atoms with Gasteiger partial charge in [0.1, 0.15) is 15.7 Å². The Balaban J connectivity index is 3.03. The van der Waals surface area contributed by atoms with Crippen LogP contribution in [0.5, 0.6) is 0 Å². The van der Waals surface area contributed by atoms with Gasteiger partial charge in [-0.05, 0) is 32.5 Å². The Morgan fingerprint density at radius 3 is 2.53 bits per heavy atom. The number of hydrogen-bond donors (Lipinski definition) is 1. The van der Waals surface area contributed by atoms with Gasteiger partial charge in [0, 0.05) is 37.7 Å². The molecule has 0 unspecified atom stereocenters. The highest BCUT2D eigenvalue weighted by atomic mass is 32.2. The molecule has 1 aromatic heterocycles. The lowest BCUT2D eigenvalue weighted by atomic mass is 10.1. The summed E-state index contributed by atoms with van der Waals surface area (Å²) in [6.45, 7) is 5.17. The minimum Gasteiger partial charge on any atom is -0.358 e. The predicted octanol–water partition coefficient (Wildman–Crippen LogP) is 0.899. The fourth-order valence-corrected chi connectivity index (χ4v) is 2.57. The van der Waals surface area contributed by atoms with Crippen LogP contribution in [0.1, 0.15) is 16.8 Å². The maximum absolute atomic E-state index is 11.3. The van der Waals surface area contributed by atoms with E-state index in [2.05, 4.69) is 17.2 Å². The molecule has 0 fully saturated rings. The molecule has 0 amide bonds. The van der Waals surface area contributed by atoms with E-state index in [0.29, 0.717) is 6.54 Å². The molecule has 0 aliphatic carbocycles. The molecule has 0 saturated heterocycles. The summed E-state index contributed by atoms with van der Waals surface area (Å²) in [4.78, 5) is 6.45. The summed E-state index contributed by atoms with van der Waals surface area (Å²) in [6.07, 6.45) is 1.25. The summed E-state index contributed by atoms with van der Waals surface area (Å²) in [7, 11) is 0.811. The van der Waals surface area contributed by atoms with E-state index in [1.54, 1.807) is 0 Å². The first kappa shape index (κ1) is 15.9. The van der Waals surface area contributed by atoms with E-state index in [1.165, 1.54) is 11.8 Å². The number of hydrogen-bond acceptors (Lipinski definition) is 5. The molecule has 1 aromatic rings. The van der Waals surface area contributed by atoms with E-state index in [1.807, 2.05) is 32.0 Å². The molecule has 0 atom stereocenters. The number of anilines is 1. The lowest BCUT2D eigenvalue weighted by molar-refractivity contribution is 0.601. The molecule has 1 rings (SSSR count). The second-order valence-corrected chi connectivity index (χ2v) is 7.22. The Bertz CT molecular complexity index is 541. The molecular weight excluding hydrogens is 262 g/mol. The minimum absolute atomic E-state index is 0.136. The molecule has 1 N–H and O–H groups in total. The van der Waals surface area contributed by atoms with Gasteiger partial charge in [0.2, 0.25) is 0 Å². The highest BCUT2D eigenvalue weighted by molar-refractivity contribution is 7.90. The first-order valence-corrected chi connectivity index (χ1v) is 8.31. The van der Waals surface area contributed by atoms with Crippen LogP contribution in [0.15, 0.2) is 6.07 Å². The average Bonchev–Trinajstić information content (AvgIpc) is 2.28. The van der Waals surface area contributed by atoms with Crippen molar-refractivity contribution in [3.05, 3.63) is 22.9 Å². The van der Waals surface area contributed by atoms with Crippen molar-refractivity contribution in [2.45, 2.75) is 20.4 Å². The summed E-state index contributed by atoms with van der Waals surface area (Å²) in [6, 6.07) is 2.04. The molecule has 5 nitrogen and oxygen atoms in total. The SMILES string of the molecule is CNCc1c(C)cc(C)nc1N(C)CCS(C)(=O)=O. The van der Waals surface area contributed by atoms with Gasteiger partial charge in [-0.2, -0.15) is 0 Å². The smallest absolute Gasteiger partial charge is 0.149 e. The van der Waals surface area contributed by atoms with E-state index < -0.39 is 9.84 Å². The zero-order chi connectivity index (χ0) is 14.6. The van der Waals surface area contributed by atoms with Crippen molar-refractivity contribution in [3.8, 4) is 0 Å². The second kappa shape index (κ2) is 6.34. The van der Waals surface area contributed by atoms with Crippen molar-refractivity contribution in [2.75, 3.05) is 37.5 Å². The van der Waals surface area contributed by atoms with E-state index in [-0.39, 0.29) is 5.75 Å². The number of aromatic nitrogens is 1. The zero-order valence-electron chi connectivity index (χ0n) is 12.3. The number of nitrogens with one attached hydrogen (secondary N) is 1. The van der Waals surface area contributed by atoms with Crippen LogP contribution < -0.4 is 10.2 Å². The Labute approximate surface area is 116 Å². The standard InChI is InChI=1S/C13H23N3O2S/c1-10-8-11(2)15-13(12(10)9-14-3)16(4)6-7-19(5,17)18/h8,14H,6-7,9H2,1-5H3. The maximum atomic E-state index is 11.3. The average molecular weight is 285 g/mol. The fraction of sp³-hybridized carbons (Fsp3) is 0.615. The highest BCUT2D eigenvalue weighted by Crippen LogP contribution is 2.21. The van der Waals surface area contributed by atoms with Crippen LogP contribution in [0.2, 0.25) is 0 Å². The first-order chi connectivity index (χ1) is 8.74. The number of sulfone groups is 1. The summed E-state index contributed by atoms with van der Waals surface area (Å²) in [5.41, 5.74) is 3.23. The molecule has 108 valence electrons. The van der Waals surface area contributed by atoms with Crippen molar-refractivity contribution >= 4 is 15.7 Å². The Morgan fingerprint density at radius 2 is 2.00 bits per heavy atom. The zero-order valence-corrected chi connectivity index (χ0v) is 13.1. The quantitative estimate of drug-likeness (QED) is 0.841. The molecule has 0 aromatic carbocycles. The van der Waals surface area contributed by atoms with Gasteiger partial charge in [0.15, 0.2) is 0 Å². The van der Waals surface area contributed by atoms with Gasteiger partial charge in [0.25, 0.3) is 0 Å². The van der Waals surface area contributed by atoms with Gasteiger partial charge < -0.3 is 10.2 Å². The monoisotopic (exact) mass is 285 g/mol. The molecule has 19 heavy (non-hydrogen) atoms. The topological polar surface area (TPSA) is 62.3 Å². The van der Waals surface area contributed by atoms with E-state index >= 15 is 0 Å². The van der Waals surface area contributed by atoms with E-state index in [4.69, 9.17) is 0 Å². The van der Waals surface area contributed by atoms with Crippen LogP contribution in [0.25, 0.3) is 0 Å². The number of pyridine rings is 1. The Morgan fingerprint density at radius 1 is 1.37 bits per heavy atom. The highest BCUT2D eigenvalue weighted by Gasteiger charge is 2.14. The molecule has 0 spiro atoms. The van der Waals surface area contributed by atoms with Gasteiger partial charge in [0.05, 0.1) is 5.75 Å². The van der Waals surface area contributed by atoms with Crippen molar-refractivity contribution in [3.63, 3.8) is 0 Å². The van der Waals surface area contributed by atoms with Gasteiger partial charge >= 0.3 is 0 Å². The van der Waals surface area contributed by atoms with Crippen LogP contribution in [0, 0.1) is 13.8 Å². The molecule has 0 aliphatic heterocycles. The number of aryl methyl sites for hydroxylation is 2. The lowest BCUT2D eigenvalue weighted by Crippen LogP contribution is -2.28. The molecule has 0 saturated carbocycles. The maximum Gasteiger partial charge on any atom is 0.149 e. The third kappa shape index (κ3) is 4.80. The van der Waals surface area contributed by atoms with Crippen molar-refractivity contribution in [1.82, 2.24) is 10.3 Å². The van der Waals surface area contributed by atoms with Crippen LogP contribution in [-0.4, -0.2) is 46.1 Å². The van der Waals surface area contributed by atoms with Crippen molar-refractivity contribution < 1.29 is 8.42 Å². The molecular formula is C13H23N3O2S. The summed E-state index contributed by atoms with van der Waals surface area (Å²) in [5.74, 6) is 0.993. The summed E-state index contributed by atoms with van der Waals surface area (Å²) < 4.78 is 22.5. The molecule has 0 radical (unpaired) electrons. The largest absolute Gasteiger partial charge is 0.358 e. The molecule has 6 heteroatoms. The molecule has 0 aliphatic rings. The van der Waals surface area contributed by atoms with Gasteiger partial charge in [-0.3, -0.25) is 0 Å². The molecule has 0 bridgehead atoms. The van der Waals surface area contributed by atoms with Crippen molar-refractivity contribution in [1.29, 1.82) is 0 Å². The number of nitrogens with zero attached hydrogens (tertiary/aromatic N) is 2. The first-order valence-electron chi connectivity index (χ1n) is 6.25. The predicted molar refractivity (Wildman–Crippen MR) is 79.5 cm³/mol. The third-order valence-corrected chi connectivity index (χ3v) is 3.89. The Kier molecular flexibility index (Phi) is 5.31. The fourth-order valence-electron chi connectivity index (χ4n) is 1.96. The number of rotatable bonds is 6. The lowest BCUT2D eigenvalue weighted by Gasteiger charge is -2.23. The second-order valence-electron chi connectivity index (χ2n) is 4.96. The van der Waals surface area contributed by atoms with E-state index in [0.717, 1.165) is 23.6 Å². The van der Waals surface area contributed by atoms with Crippen LogP contribution in [0.4, 0.5) is 5.82 Å². The van der Waals surface area contributed by atoms with Crippen LogP contribution in [-0.2, 0) is 16.4 Å². The van der Waals surface area contributed by atoms with Crippen LogP contribution >= 0.6 is 0 Å². The normalized spacial score (nSPS) is 11.6. The van der Waals surface area contributed by atoms with Gasteiger partial charge in [-0.25, -0.2) is 13.4 Å². The third-order valence-electron chi connectivity index (χ3n) is 2.97. The van der Waals surface area contributed by atoms with E-state index in [9.17, 15) is 8.42 Å². The van der Waals surface area contributed by atoms with Crippen LogP contribution in [0.3, 0.4) is 0 Å². The van der Waals surface area contributed by atoms with Crippen molar-refractivity contribution in [2.24, 2.45) is 0 Å². The minimum atomic E-state index is -2.96.